The van der Waals surface area contributed by atoms with Crippen LogP contribution in [0.4, 0.5) is 11.4 Å². The van der Waals surface area contributed by atoms with Gasteiger partial charge in [-0.15, -0.1) is 0 Å². The molecule has 0 bridgehead atoms. The molecule has 0 aromatic heterocycles. The van der Waals surface area contributed by atoms with Gasteiger partial charge in [0.2, 0.25) is 0 Å². The molecule has 2 aliphatic rings. The summed E-state index contributed by atoms with van der Waals surface area (Å²) in [6.07, 6.45) is 0.964. The molecule has 1 fully saturated rings. The number of rotatable bonds is 1. The maximum Gasteiger partial charge on any atom is 0.262 e. The van der Waals surface area contributed by atoms with Crippen molar-refractivity contribution in [2.45, 2.75) is 19.0 Å². The average Bonchev–Trinajstić information content (AvgIpc) is 2.98. The number of thioether (sulfide) groups is 1. The Bertz CT molecular complexity index is 720. The first kappa shape index (κ1) is 13.7. The molecule has 1 amide bonds. The van der Waals surface area contributed by atoms with E-state index >= 15 is 0 Å². The van der Waals surface area contributed by atoms with E-state index in [2.05, 4.69) is 24.4 Å². The van der Waals surface area contributed by atoms with Crippen LogP contribution in [0.5, 0.6) is 0 Å². The first-order valence-electron chi connectivity index (χ1n) is 7.56. The van der Waals surface area contributed by atoms with E-state index in [9.17, 15) is 4.79 Å². The van der Waals surface area contributed by atoms with E-state index in [1.165, 1.54) is 5.56 Å². The minimum Gasteiger partial charge on any atom is -0.361 e. The highest BCUT2D eigenvalue weighted by Crippen LogP contribution is 2.42. The van der Waals surface area contributed by atoms with Crippen LogP contribution in [0, 0.1) is 6.92 Å². The minimum absolute atomic E-state index is 0.0979. The third kappa shape index (κ3) is 2.02. The highest BCUT2D eigenvalue weighted by molar-refractivity contribution is 7.99. The van der Waals surface area contributed by atoms with Crippen LogP contribution < -0.4 is 10.2 Å². The zero-order chi connectivity index (χ0) is 15.2. The van der Waals surface area contributed by atoms with Crippen molar-refractivity contribution in [1.29, 1.82) is 0 Å². The second-order valence-electron chi connectivity index (χ2n) is 5.98. The van der Waals surface area contributed by atoms with E-state index in [0.717, 1.165) is 34.9 Å². The molecule has 2 heterocycles. The summed E-state index contributed by atoms with van der Waals surface area (Å²) in [4.78, 5) is 15.1. The Morgan fingerprint density at radius 3 is 2.64 bits per heavy atom. The number of amides is 1. The van der Waals surface area contributed by atoms with Crippen LogP contribution in [0.2, 0.25) is 0 Å². The summed E-state index contributed by atoms with van der Waals surface area (Å²) in [5, 5.41) is 3.65. The quantitative estimate of drug-likeness (QED) is 0.867. The summed E-state index contributed by atoms with van der Waals surface area (Å²) in [7, 11) is 0. The predicted molar refractivity (Wildman–Crippen MR) is 92.7 cm³/mol. The Labute approximate surface area is 134 Å². The normalized spacial score (nSPS) is 23.5. The second kappa shape index (κ2) is 5.06. The number of anilines is 2. The number of hydrogen-bond donors (Lipinski definition) is 1. The van der Waals surface area contributed by atoms with Gasteiger partial charge in [0.05, 0.1) is 5.56 Å². The van der Waals surface area contributed by atoms with Gasteiger partial charge in [-0.05, 0) is 43.4 Å². The number of aryl methyl sites for hydroxylation is 1. The van der Waals surface area contributed by atoms with Crippen LogP contribution in [0.15, 0.2) is 48.5 Å². The number of carbonyl (C=O) groups excluding carboxylic acids is 1. The number of nitrogens with zero attached hydrogens (tertiary/aromatic N) is 1. The standard InChI is InChI=1S/C18H18N2OS/c1-13-6-8-14(9-7-13)20-17(21)15-4-2-3-5-16(15)19-18(20)10-11-22-12-18/h2-9,19H,10-12H2,1H3/t18-/m0/s1. The summed E-state index contributed by atoms with van der Waals surface area (Å²) in [6.45, 7) is 2.07. The number of nitrogens with one attached hydrogen (secondary N) is 1. The average molecular weight is 310 g/mol. The minimum atomic E-state index is -0.300. The smallest absolute Gasteiger partial charge is 0.262 e. The lowest BCUT2D eigenvalue weighted by atomic mass is 9.97. The first-order chi connectivity index (χ1) is 10.7. The van der Waals surface area contributed by atoms with Crippen molar-refractivity contribution in [3.8, 4) is 0 Å². The van der Waals surface area contributed by atoms with Crippen LogP contribution >= 0.6 is 11.8 Å². The molecule has 1 saturated heterocycles. The maximum atomic E-state index is 13.1. The molecule has 4 heteroatoms. The Hall–Kier alpha value is -1.94. The molecule has 0 radical (unpaired) electrons. The van der Waals surface area contributed by atoms with Crippen molar-refractivity contribution < 1.29 is 4.79 Å². The molecule has 1 spiro atoms. The number of para-hydroxylation sites is 1. The maximum absolute atomic E-state index is 13.1. The van der Waals surface area contributed by atoms with Crippen LogP contribution in [0.25, 0.3) is 0 Å². The second-order valence-corrected chi connectivity index (χ2v) is 7.09. The van der Waals surface area contributed by atoms with Gasteiger partial charge in [0.1, 0.15) is 5.66 Å². The molecule has 2 aromatic rings. The fraction of sp³-hybridized carbons (Fsp3) is 0.278. The van der Waals surface area contributed by atoms with Gasteiger partial charge in [-0.25, -0.2) is 0 Å². The van der Waals surface area contributed by atoms with Crippen LogP contribution in [0.3, 0.4) is 0 Å². The summed E-state index contributed by atoms with van der Waals surface area (Å²) in [5.74, 6) is 2.09. The Kier molecular flexibility index (Phi) is 3.15. The molecule has 1 atom stereocenters. The molecule has 2 aliphatic heterocycles. The van der Waals surface area contributed by atoms with Crippen molar-refractivity contribution in [2.75, 3.05) is 21.7 Å². The molecule has 112 valence electrons. The van der Waals surface area contributed by atoms with Gasteiger partial charge < -0.3 is 5.32 Å². The van der Waals surface area contributed by atoms with Gasteiger partial charge in [0, 0.05) is 17.1 Å². The fourth-order valence-electron chi connectivity index (χ4n) is 3.29. The molecule has 4 rings (SSSR count). The molecule has 0 unspecified atom stereocenters. The molecular weight excluding hydrogens is 292 g/mol. The lowest BCUT2D eigenvalue weighted by molar-refractivity contribution is 0.0959. The third-order valence-corrected chi connectivity index (χ3v) is 5.62. The lowest BCUT2D eigenvalue weighted by Gasteiger charge is -2.46. The largest absolute Gasteiger partial charge is 0.361 e. The van der Waals surface area contributed by atoms with Gasteiger partial charge in [-0.3, -0.25) is 9.69 Å². The van der Waals surface area contributed by atoms with Crippen molar-refractivity contribution in [2.24, 2.45) is 0 Å². The van der Waals surface area contributed by atoms with Crippen molar-refractivity contribution in [1.82, 2.24) is 0 Å². The van der Waals surface area contributed by atoms with Gasteiger partial charge in [0.25, 0.3) is 5.91 Å². The monoisotopic (exact) mass is 310 g/mol. The molecule has 3 nitrogen and oxygen atoms in total. The third-order valence-electron chi connectivity index (χ3n) is 4.45. The molecule has 22 heavy (non-hydrogen) atoms. The van der Waals surface area contributed by atoms with Gasteiger partial charge in [0.15, 0.2) is 0 Å². The first-order valence-corrected chi connectivity index (χ1v) is 8.71. The van der Waals surface area contributed by atoms with E-state index in [1.807, 2.05) is 53.1 Å². The summed E-state index contributed by atoms with van der Waals surface area (Å²) in [6, 6.07) is 16.0. The van der Waals surface area contributed by atoms with Crippen LogP contribution in [-0.4, -0.2) is 23.1 Å². The van der Waals surface area contributed by atoms with Crippen molar-refractivity contribution in [3.63, 3.8) is 0 Å². The zero-order valence-corrected chi connectivity index (χ0v) is 13.3. The van der Waals surface area contributed by atoms with Crippen LogP contribution in [0.1, 0.15) is 22.3 Å². The number of hydrogen-bond acceptors (Lipinski definition) is 3. The lowest BCUT2D eigenvalue weighted by Crippen LogP contribution is -2.60. The topological polar surface area (TPSA) is 32.3 Å². The van der Waals surface area contributed by atoms with E-state index in [0.29, 0.717) is 0 Å². The predicted octanol–water partition coefficient (Wildman–Crippen LogP) is 3.90. The van der Waals surface area contributed by atoms with E-state index in [-0.39, 0.29) is 11.6 Å². The van der Waals surface area contributed by atoms with E-state index in [4.69, 9.17) is 0 Å². The molecule has 1 N–H and O–H groups in total. The summed E-state index contributed by atoms with van der Waals surface area (Å²) < 4.78 is 0. The van der Waals surface area contributed by atoms with Gasteiger partial charge in [-0.2, -0.15) is 11.8 Å². The SMILES string of the molecule is Cc1ccc(N2C(=O)c3ccccc3N[C@@]23CCSC3)cc1. The number of carbonyl (C=O) groups is 1. The Morgan fingerprint density at radius 1 is 1.14 bits per heavy atom. The molecule has 0 saturated carbocycles. The number of benzene rings is 2. The zero-order valence-electron chi connectivity index (χ0n) is 12.5. The van der Waals surface area contributed by atoms with Gasteiger partial charge in [-0.1, -0.05) is 29.8 Å². The Balaban J connectivity index is 1.86. The highest BCUT2D eigenvalue weighted by atomic mass is 32.2. The molecule has 0 aliphatic carbocycles. The van der Waals surface area contributed by atoms with E-state index < -0.39 is 0 Å². The molecular formula is C18H18N2OS. The van der Waals surface area contributed by atoms with Crippen molar-refractivity contribution in [3.05, 3.63) is 59.7 Å². The number of fused-ring (bicyclic) bond motifs is 1. The summed E-state index contributed by atoms with van der Waals surface area (Å²) >= 11 is 1.90. The highest BCUT2D eigenvalue weighted by Gasteiger charge is 2.47. The van der Waals surface area contributed by atoms with Crippen LogP contribution in [-0.2, 0) is 0 Å². The van der Waals surface area contributed by atoms with Crippen molar-refractivity contribution >= 4 is 29.0 Å². The molecule has 2 aromatic carbocycles. The Morgan fingerprint density at radius 2 is 1.91 bits per heavy atom. The van der Waals surface area contributed by atoms with Gasteiger partial charge >= 0.3 is 0 Å². The summed E-state index contributed by atoms with van der Waals surface area (Å²) in [5.41, 5.74) is 3.59. The van der Waals surface area contributed by atoms with E-state index in [1.54, 1.807) is 0 Å². The fourth-order valence-corrected chi connectivity index (χ4v) is 4.60.